The molecule has 1 aliphatic rings. The molecule has 122 valence electrons. The molecule has 2 atom stereocenters. The quantitative estimate of drug-likeness (QED) is 0.811. The third-order valence-electron chi connectivity index (χ3n) is 4.46. The van der Waals surface area contributed by atoms with Crippen LogP contribution in [0.3, 0.4) is 0 Å². The molecule has 1 aliphatic heterocycles. The smallest absolute Gasteiger partial charge is 0.224 e. The summed E-state index contributed by atoms with van der Waals surface area (Å²) < 4.78 is 0. The number of nitrogens with zero attached hydrogens (tertiary/aromatic N) is 2. The first-order valence-corrected chi connectivity index (χ1v) is 8.07. The predicted octanol–water partition coefficient (Wildman–Crippen LogP) is 0.686. The highest BCUT2D eigenvalue weighted by Crippen LogP contribution is 2.18. The maximum absolute atomic E-state index is 12.2. The maximum Gasteiger partial charge on any atom is 0.224 e. The number of carbonyl (C=O) groups excluding carboxylic acids is 1. The Morgan fingerprint density at radius 3 is 2.50 bits per heavy atom. The Hall–Kier alpha value is -1.43. The average Bonchev–Trinajstić information content (AvgIpc) is 2.56. The molecule has 5 nitrogen and oxygen atoms in total. The number of rotatable bonds is 6. The van der Waals surface area contributed by atoms with E-state index < -0.39 is 0 Å². The van der Waals surface area contributed by atoms with E-state index in [1.165, 1.54) is 0 Å². The van der Waals surface area contributed by atoms with Crippen molar-refractivity contribution < 1.29 is 4.79 Å². The third kappa shape index (κ3) is 4.80. The Morgan fingerprint density at radius 1 is 1.23 bits per heavy atom. The highest BCUT2D eigenvalue weighted by Gasteiger charge is 2.22. The summed E-state index contributed by atoms with van der Waals surface area (Å²) in [7, 11) is 2.14. The van der Waals surface area contributed by atoms with Gasteiger partial charge in [0.25, 0.3) is 0 Å². The van der Waals surface area contributed by atoms with E-state index in [2.05, 4.69) is 22.2 Å². The van der Waals surface area contributed by atoms with Gasteiger partial charge in [0.1, 0.15) is 0 Å². The van der Waals surface area contributed by atoms with Crippen LogP contribution in [-0.2, 0) is 4.79 Å². The standard InChI is InChI=1S/C17H28N4O/c1-14(16(18)15-6-4-3-5-7-15)17(22)19-8-9-21-12-10-20(2)11-13-21/h3-7,14,16H,8-13,18H2,1-2H3,(H,19,22). The van der Waals surface area contributed by atoms with Gasteiger partial charge in [0.2, 0.25) is 5.91 Å². The molecule has 1 heterocycles. The molecule has 1 fully saturated rings. The van der Waals surface area contributed by atoms with E-state index in [-0.39, 0.29) is 17.9 Å². The first kappa shape index (κ1) is 16.9. The molecular weight excluding hydrogens is 276 g/mol. The molecule has 0 aromatic heterocycles. The van der Waals surface area contributed by atoms with Crippen LogP contribution in [0.4, 0.5) is 0 Å². The molecule has 2 rings (SSSR count). The molecule has 0 aliphatic carbocycles. The van der Waals surface area contributed by atoms with Crippen molar-refractivity contribution in [2.24, 2.45) is 11.7 Å². The average molecular weight is 304 g/mol. The highest BCUT2D eigenvalue weighted by molar-refractivity contribution is 5.79. The third-order valence-corrected chi connectivity index (χ3v) is 4.46. The number of piperazine rings is 1. The van der Waals surface area contributed by atoms with Gasteiger partial charge in [-0.1, -0.05) is 37.3 Å². The van der Waals surface area contributed by atoms with E-state index in [4.69, 9.17) is 5.73 Å². The summed E-state index contributed by atoms with van der Waals surface area (Å²) in [6, 6.07) is 9.54. The Morgan fingerprint density at radius 2 is 1.86 bits per heavy atom. The normalized spacial score (nSPS) is 19.6. The second-order valence-electron chi connectivity index (χ2n) is 6.16. The minimum Gasteiger partial charge on any atom is -0.355 e. The minimum atomic E-state index is -0.259. The SMILES string of the molecule is CC(C(=O)NCCN1CCN(C)CC1)C(N)c1ccccc1. The molecule has 0 bridgehead atoms. The number of carbonyl (C=O) groups is 1. The Labute approximate surface area is 133 Å². The van der Waals surface area contributed by atoms with Crippen LogP contribution in [0.5, 0.6) is 0 Å². The molecule has 0 saturated carbocycles. The molecule has 5 heteroatoms. The summed E-state index contributed by atoms with van der Waals surface area (Å²) in [5.74, 6) is -0.194. The zero-order chi connectivity index (χ0) is 15.9. The minimum absolute atomic E-state index is 0.0329. The number of benzene rings is 1. The van der Waals surface area contributed by atoms with Gasteiger partial charge in [-0.05, 0) is 12.6 Å². The van der Waals surface area contributed by atoms with E-state index in [0.29, 0.717) is 6.54 Å². The Kier molecular flexibility index (Phi) is 6.36. The molecule has 0 radical (unpaired) electrons. The largest absolute Gasteiger partial charge is 0.355 e. The Bertz CT molecular complexity index is 457. The molecule has 1 saturated heterocycles. The van der Waals surface area contributed by atoms with Crippen LogP contribution in [0.15, 0.2) is 30.3 Å². The second kappa shape index (κ2) is 8.27. The van der Waals surface area contributed by atoms with Crippen LogP contribution in [0.1, 0.15) is 18.5 Å². The van der Waals surface area contributed by atoms with Gasteiger partial charge >= 0.3 is 0 Å². The molecule has 1 amide bonds. The van der Waals surface area contributed by atoms with Crippen molar-refractivity contribution in [1.29, 1.82) is 0 Å². The van der Waals surface area contributed by atoms with Gasteiger partial charge in [-0.25, -0.2) is 0 Å². The zero-order valence-corrected chi connectivity index (χ0v) is 13.7. The van der Waals surface area contributed by atoms with Crippen molar-refractivity contribution in [3.8, 4) is 0 Å². The van der Waals surface area contributed by atoms with Gasteiger partial charge in [-0.2, -0.15) is 0 Å². The van der Waals surface area contributed by atoms with Crippen molar-refractivity contribution in [2.45, 2.75) is 13.0 Å². The van der Waals surface area contributed by atoms with Gasteiger partial charge in [0, 0.05) is 45.3 Å². The fraction of sp³-hybridized carbons (Fsp3) is 0.588. The van der Waals surface area contributed by atoms with Crippen molar-refractivity contribution in [2.75, 3.05) is 46.3 Å². The molecule has 22 heavy (non-hydrogen) atoms. The maximum atomic E-state index is 12.2. The fourth-order valence-electron chi connectivity index (χ4n) is 2.70. The zero-order valence-electron chi connectivity index (χ0n) is 13.7. The predicted molar refractivity (Wildman–Crippen MR) is 89.5 cm³/mol. The van der Waals surface area contributed by atoms with E-state index in [0.717, 1.165) is 38.3 Å². The van der Waals surface area contributed by atoms with Crippen LogP contribution in [0.25, 0.3) is 0 Å². The summed E-state index contributed by atoms with van der Waals surface area (Å²) in [5.41, 5.74) is 7.20. The van der Waals surface area contributed by atoms with Crippen LogP contribution in [0, 0.1) is 5.92 Å². The number of nitrogens with one attached hydrogen (secondary N) is 1. The molecule has 1 aromatic carbocycles. The molecule has 1 aromatic rings. The van der Waals surface area contributed by atoms with E-state index in [9.17, 15) is 4.79 Å². The van der Waals surface area contributed by atoms with Gasteiger partial charge < -0.3 is 16.0 Å². The summed E-state index contributed by atoms with van der Waals surface area (Å²) in [6.07, 6.45) is 0. The topological polar surface area (TPSA) is 61.6 Å². The highest BCUT2D eigenvalue weighted by atomic mass is 16.1. The summed E-state index contributed by atoms with van der Waals surface area (Å²) >= 11 is 0. The summed E-state index contributed by atoms with van der Waals surface area (Å²) in [5, 5.41) is 3.02. The van der Waals surface area contributed by atoms with Gasteiger partial charge in [-0.3, -0.25) is 9.69 Å². The lowest BCUT2D eigenvalue weighted by Crippen LogP contribution is -2.47. The van der Waals surface area contributed by atoms with E-state index in [1.54, 1.807) is 0 Å². The molecule has 3 N–H and O–H groups in total. The molecular formula is C17H28N4O. The lowest BCUT2D eigenvalue weighted by molar-refractivity contribution is -0.125. The molecule has 0 spiro atoms. The first-order chi connectivity index (χ1) is 10.6. The van der Waals surface area contributed by atoms with Crippen LogP contribution < -0.4 is 11.1 Å². The van der Waals surface area contributed by atoms with E-state index >= 15 is 0 Å². The van der Waals surface area contributed by atoms with Crippen molar-refractivity contribution in [3.63, 3.8) is 0 Å². The van der Waals surface area contributed by atoms with Gasteiger partial charge in [-0.15, -0.1) is 0 Å². The lowest BCUT2D eigenvalue weighted by atomic mass is 9.95. The number of hydrogen-bond donors (Lipinski definition) is 2. The number of amides is 1. The van der Waals surface area contributed by atoms with Gasteiger partial charge in [0.15, 0.2) is 0 Å². The van der Waals surface area contributed by atoms with Crippen molar-refractivity contribution in [1.82, 2.24) is 15.1 Å². The fourth-order valence-corrected chi connectivity index (χ4v) is 2.70. The monoisotopic (exact) mass is 304 g/mol. The lowest BCUT2D eigenvalue weighted by Gasteiger charge is -2.32. The summed E-state index contributed by atoms with van der Waals surface area (Å²) in [4.78, 5) is 17.0. The van der Waals surface area contributed by atoms with Crippen LogP contribution in [-0.4, -0.2) is 62.0 Å². The Balaban J connectivity index is 1.72. The van der Waals surface area contributed by atoms with Gasteiger partial charge in [0.05, 0.1) is 5.92 Å². The van der Waals surface area contributed by atoms with E-state index in [1.807, 2.05) is 37.3 Å². The van der Waals surface area contributed by atoms with Crippen molar-refractivity contribution in [3.05, 3.63) is 35.9 Å². The summed E-state index contributed by atoms with van der Waals surface area (Å²) in [6.45, 7) is 7.84. The number of hydrogen-bond acceptors (Lipinski definition) is 4. The number of likely N-dealkylation sites (N-methyl/N-ethyl adjacent to an activating group) is 1. The van der Waals surface area contributed by atoms with Crippen LogP contribution >= 0.6 is 0 Å². The van der Waals surface area contributed by atoms with Crippen molar-refractivity contribution >= 4 is 5.91 Å². The second-order valence-corrected chi connectivity index (χ2v) is 6.16. The van der Waals surface area contributed by atoms with Crippen LogP contribution in [0.2, 0.25) is 0 Å². The molecule has 2 unspecified atom stereocenters. The first-order valence-electron chi connectivity index (χ1n) is 8.07. The number of nitrogens with two attached hydrogens (primary N) is 1.